The van der Waals surface area contributed by atoms with Crippen molar-refractivity contribution in [1.82, 2.24) is 4.98 Å². The van der Waals surface area contributed by atoms with E-state index in [2.05, 4.69) is 9.71 Å². The van der Waals surface area contributed by atoms with E-state index in [1.165, 1.54) is 25.3 Å². The number of sulfonamides is 1. The Hall–Kier alpha value is -2.19. The molecule has 0 unspecified atom stereocenters. The predicted octanol–water partition coefficient (Wildman–Crippen LogP) is 1.54. The van der Waals surface area contributed by atoms with E-state index in [0.29, 0.717) is 0 Å². The van der Waals surface area contributed by atoms with Gasteiger partial charge in [0.1, 0.15) is 9.92 Å². The number of aromatic amines is 1. The fourth-order valence-electron chi connectivity index (χ4n) is 1.56. The first-order valence-electron chi connectivity index (χ1n) is 5.61. The van der Waals surface area contributed by atoms with Crippen LogP contribution < -0.4 is 15.0 Å². The molecule has 1 aromatic heterocycles. The molecule has 3 N–H and O–H groups in total. The lowest BCUT2D eigenvalue weighted by Gasteiger charge is -2.10. The molecule has 2 aromatic rings. The summed E-state index contributed by atoms with van der Waals surface area (Å²) in [5.41, 5.74) is -0.451. The summed E-state index contributed by atoms with van der Waals surface area (Å²) in [4.78, 5) is 13.1. The van der Waals surface area contributed by atoms with Crippen LogP contribution >= 0.6 is 11.6 Å². The van der Waals surface area contributed by atoms with Crippen LogP contribution in [-0.2, 0) is 10.0 Å². The van der Waals surface area contributed by atoms with Gasteiger partial charge < -0.3 is 14.8 Å². The van der Waals surface area contributed by atoms with Crippen molar-refractivity contribution in [3.63, 3.8) is 0 Å². The van der Waals surface area contributed by atoms with Gasteiger partial charge in [0.05, 0.1) is 12.8 Å². The Bertz CT molecular complexity index is 832. The average Bonchev–Trinajstić information content (AvgIpc) is 2.41. The molecule has 1 aromatic carbocycles. The van der Waals surface area contributed by atoms with Crippen LogP contribution in [0.15, 0.2) is 40.2 Å². The molecule has 0 amide bonds. The summed E-state index contributed by atoms with van der Waals surface area (Å²) < 4.78 is 31.4. The Kier molecular flexibility index (Phi) is 4.10. The highest BCUT2D eigenvalue weighted by atomic mass is 35.5. The molecule has 0 aliphatic heterocycles. The van der Waals surface area contributed by atoms with Crippen LogP contribution in [0.3, 0.4) is 0 Å². The van der Waals surface area contributed by atoms with Gasteiger partial charge in [-0.1, -0.05) is 11.6 Å². The molecule has 0 saturated heterocycles. The van der Waals surface area contributed by atoms with Crippen LogP contribution in [0.25, 0.3) is 0 Å². The zero-order valence-electron chi connectivity index (χ0n) is 10.8. The zero-order valence-corrected chi connectivity index (χ0v) is 12.3. The van der Waals surface area contributed by atoms with Crippen LogP contribution in [0.2, 0.25) is 5.02 Å². The first-order chi connectivity index (χ1) is 9.83. The molecule has 7 nitrogen and oxygen atoms in total. The Morgan fingerprint density at radius 1 is 1.33 bits per heavy atom. The SMILES string of the molecule is COc1ccc(NS(=O)(=O)c2c[nH]c(=O)c(Cl)c2)cc1O. The Morgan fingerprint density at radius 3 is 2.62 bits per heavy atom. The van der Waals surface area contributed by atoms with Gasteiger partial charge >= 0.3 is 0 Å². The first-order valence-corrected chi connectivity index (χ1v) is 7.47. The number of rotatable bonds is 4. The van der Waals surface area contributed by atoms with Crippen molar-refractivity contribution in [2.75, 3.05) is 11.8 Å². The fraction of sp³-hybridized carbons (Fsp3) is 0.0833. The molecular weight excluding hydrogens is 320 g/mol. The summed E-state index contributed by atoms with van der Waals surface area (Å²) in [7, 11) is -2.57. The minimum atomic E-state index is -3.95. The number of hydrogen-bond donors (Lipinski definition) is 3. The maximum Gasteiger partial charge on any atom is 0.266 e. The minimum Gasteiger partial charge on any atom is -0.504 e. The van der Waals surface area contributed by atoms with Crippen LogP contribution in [-0.4, -0.2) is 25.6 Å². The number of hydrogen-bond acceptors (Lipinski definition) is 5. The second-order valence-electron chi connectivity index (χ2n) is 4.00. The molecule has 21 heavy (non-hydrogen) atoms. The van der Waals surface area contributed by atoms with E-state index >= 15 is 0 Å². The topological polar surface area (TPSA) is 108 Å². The molecule has 0 saturated carbocycles. The van der Waals surface area contributed by atoms with Gasteiger partial charge in [0.2, 0.25) is 0 Å². The molecule has 2 rings (SSSR count). The minimum absolute atomic E-state index is 0.135. The summed E-state index contributed by atoms with van der Waals surface area (Å²) in [6.07, 6.45) is 1.03. The number of nitrogens with one attached hydrogen (secondary N) is 2. The van der Waals surface area contributed by atoms with E-state index in [1.54, 1.807) is 0 Å². The van der Waals surface area contributed by atoms with Crippen molar-refractivity contribution in [1.29, 1.82) is 0 Å². The Labute approximate surface area is 125 Å². The number of phenolic OH excluding ortho intramolecular Hbond substituents is 1. The number of H-pyrrole nitrogens is 1. The summed E-state index contributed by atoms with van der Waals surface area (Å²) in [5.74, 6) is 0.00207. The van der Waals surface area contributed by atoms with Gasteiger partial charge in [-0.15, -0.1) is 0 Å². The quantitative estimate of drug-likeness (QED) is 0.788. The fourth-order valence-corrected chi connectivity index (χ4v) is 2.84. The van der Waals surface area contributed by atoms with E-state index < -0.39 is 15.6 Å². The number of ether oxygens (including phenoxy) is 1. The van der Waals surface area contributed by atoms with Gasteiger partial charge in [-0.25, -0.2) is 8.42 Å². The van der Waals surface area contributed by atoms with Gasteiger partial charge in [0.25, 0.3) is 15.6 Å². The number of phenols is 1. The third kappa shape index (κ3) is 3.29. The summed E-state index contributed by atoms with van der Waals surface area (Å²) in [5, 5.41) is 9.37. The van der Waals surface area contributed by atoms with E-state index in [-0.39, 0.29) is 27.1 Å². The monoisotopic (exact) mass is 330 g/mol. The zero-order chi connectivity index (χ0) is 15.6. The largest absolute Gasteiger partial charge is 0.504 e. The Balaban J connectivity index is 2.35. The third-order valence-corrected chi connectivity index (χ3v) is 4.21. The first kappa shape index (κ1) is 15.2. The van der Waals surface area contributed by atoms with Crippen molar-refractivity contribution in [3.8, 4) is 11.5 Å². The second-order valence-corrected chi connectivity index (χ2v) is 6.09. The number of pyridine rings is 1. The van der Waals surface area contributed by atoms with Gasteiger partial charge in [-0.3, -0.25) is 9.52 Å². The number of halogens is 1. The van der Waals surface area contributed by atoms with E-state index in [1.807, 2.05) is 0 Å². The summed E-state index contributed by atoms with van der Waals surface area (Å²) in [6.45, 7) is 0. The van der Waals surface area contributed by atoms with Crippen molar-refractivity contribution in [2.45, 2.75) is 4.90 Å². The molecule has 0 bridgehead atoms. The molecule has 0 aliphatic carbocycles. The molecule has 0 atom stereocenters. The van der Waals surface area contributed by atoms with Gasteiger partial charge in [-0.2, -0.15) is 0 Å². The summed E-state index contributed by atoms with van der Waals surface area (Å²) >= 11 is 5.60. The van der Waals surface area contributed by atoms with Gasteiger partial charge in [-0.05, 0) is 18.2 Å². The standard InChI is InChI=1S/C12H11ClN2O5S/c1-20-11-3-2-7(4-10(11)16)15-21(18,19)8-5-9(13)12(17)14-6-8/h2-6,15-16H,1H3,(H,14,17). The maximum atomic E-state index is 12.1. The highest BCUT2D eigenvalue weighted by Crippen LogP contribution is 2.29. The number of anilines is 1. The third-order valence-electron chi connectivity index (χ3n) is 2.57. The average molecular weight is 331 g/mol. The number of aromatic nitrogens is 1. The van der Waals surface area contributed by atoms with Crippen molar-refractivity contribution in [2.24, 2.45) is 0 Å². The molecule has 112 valence electrons. The van der Waals surface area contributed by atoms with E-state index in [4.69, 9.17) is 16.3 Å². The highest BCUT2D eigenvalue weighted by molar-refractivity contribution is 7.92. The predicted molar refractivity (Wildman–Crippen MR) is 77.5 cm³/mol. The normalized spacial score (nSPS) is 11.1. The number of benzene rings is 1. The molecule has 1 heterocycles. The van der Waals surface area contributed by atoms with Crippen molar-refractivity contribution in [3.05, 3.63) is 45.8 Å². The maximum absolute atomic E-state index is 12.1. The van der Waals surface area contributed by atoms with Crippen LogP contribution in [0.4, 0.5) is 5.69 Å². The lowest BCUT2D eigenvalue weighted by atomic mass is 10.3. The summed E-state index contributed by atoms with van der Waals surface area (Å²) in [6, 6.07) is 5.06. The molecule has 0 spiro atoms. The van der Waals surface area contributed by atoms with Gasteiger partial charge in [0, 0.05) is 12.3 Å². The van der Waals surface area contributed by atoms with Crippen LogP contribution in [0, 0.1) is 0 Å². The lowest BCUT2D eigenvalue weighted by Crippen LogP contribution is -2.16. The van der Waals surface area contributed by atoms with E-state index in [9.17, 15) is 18.3 Å². The van der Waals surface area contributed by atoms with Crippen molar-refractivity contribution < 1.29 is 18.3 Å². The van der Waals surface area contributed by atoms with Crippen LogP contribution in [0.1, 0.15) is 0 Å². The molecular formula is C12H11ClN2O5S. The molecule has 0 fully saturated rings. The van der Waals surface area contributed by atoms with Crippen LogP contribution in [0.5, 0.6) is 11.5 Å². The highest BCUT2D eigenvalue weighted by Gasteiger charge is 2.16. The second kappa shape index (κ2) is 5.66. The number of aromatic hydroxyl groups is 1. The number of methoxy groups -OCH3 is 1. The lowest BCUT2D eigenvalue weighted by molar-refractivity contribution is 0.373. The Morgan fingerprint density at radius 2 is 2.05 bits per heavy atom. The van der Waals surface area contributed by atoms with E-state index in [0.717, 1.165) is 12.3 Å². The molecule has 0 radical (unpaired) electrons. The molecule has 9 heteroatoms. The van der Waals surface area contributed by atoms with Crippen molar-refractivity contribution >= 4 is 27.3 Å². The smallest absolute Gasteiger partial charge is 0.266 e. The van der Waals surface area contributed by atoms with Gasteiger partial charge in [0.15, 0.2) is 11.5 Å². The molecule has 0 aliphatic rings.